The summed E-state index contributed by atoms with van der Waals surface area (Å²) in [5.74, 6) is 0.571. The minimum Gasteiger partial charge on any atom is -0.350 e. The lowest BCUT2D eigenvalue weighted by Gasteiger charge is -2.14. The number of aryl methyl sites for hydroxylation is 1. The maximum Gasteiger partial charge on any atom is 0.256 e. The van der Waals surface area contributed by atoms with Crippen LogP contribution in [-0.2, 0) is 6.54 Å². The number of carbonyl (C=O) groups is 1. The molecule has 0 unspecified atom stereocenters. The summed E-state index contributed by atoms with van der Waals surface area (Å²) < 4.78 is 0. The first kappa shape index (κ1) is 14.5. The highest BCUT2D eigenvalue weighted by atomic mass is 16.2. The highest BCUT2D eigenvalue weighted by Gasteiger charge is 2.19. The van der Waals surface area contributed by atoms with E-state index in [0.29, 0.717) is 18.1 Å². The molecule has 0 spiro atoms. The molecule has 0 radical (unpaired) electrons. The summed E-state index contributed by atoms with van der Waals surface area (Å²) in [6, 6.07) is 8.29. The van der Waals surface area contributed by atoms with Gasteiger partial charge in [0.05, 0.1) is 5.56 Å². The Hall–Kier alpha value is -2.43. The van der Waals surface area contributed by atoms with E-state index < -0.39 is 0 Å². The molecule has 0 atom stereocenters. The van der Waals surface area contributed by atoms with Crippen molar-refractivity contribution in [3.63, 3.8) is 0 Å². The Morgan fingerprint density at radius 1 is 1.23 bits per heavy atom. The molecule has 114 valence electrons. The van der Waals surface area contributed by atoms with Gasteiger partial charge >= 0.3 is 0 Å². The minimum absolute atomic E-state index is 0.0303. The largest absolute Gasteiger partial charge is 0.350 e. The lowest BCUT2D eigenvalue weighted by atomic mass is 10.1. The molecule has 1 amide bonds. The smallest absolute Gasteiger partial charge is 0.256 e. The standard InChI is InChI=1S/C17H20N4O/c1-13-5-4-6-14(9-13)10-18-17-19-11-15(12-20-17)16(22)21-7-2-3-8-21/h4-6,9,11-12H,2-3,7-8,10H2,1H3,(H,18,19,20). The van der Waals surface area contributed by atoms with Gasteiger partial charge in [0, 0.05) is 32.0 Å². The first-order valence-electron chi connectivity index (χ1n) is 7.63. The van der Waals surface area contributed by atoms with Gasteiger partial charge in [0.25, 0.3) is 5.91 Å². The van der Waals surface area contributed by atoms with E-state index in [-0.39, 0.29) is 5.91 Å². The molecule has 1 aliphatic rings. The van der Waals surface area contributed by atoms with Crippen LogP contribution in [0.1, 0.15) is 34.3 Å². The van der Waals surface area contributed by atoms with E-state index in [9.17, 15) is 4.79 Å². The van der Waals surface area contributed by atoms with Crippen LogP contribution < -0.4 is 5.32 Å². The van der Waals surface area contributed by atoms with Crippen LogP contribution in [0.25, 0.3) is 0 Å². The molecule has 0 aliphatic carbocycles. The highest BCUT2D eigenvalue weighted by molar-refractivity contribution is 5.93. The second-order valence-electron chi connectivity index (χ2n) is 5.64. The summed E-state index contributed by atoms with van der Waals surface area (Å²) in [5.41, 5.74) is 2.97. The van der Waals surface area contributed by atoms with Crippen molar-refractivity contribution >= 4 is 11.9 Å². The molecule has 1 saturated heterocycles. The van der Waals surface area contributed by atoms with Gasteiger partial charge in [-0.3, -0.25) is 4.79 Å². The summed E-state index contributed by atoms with van der Waals surface area (Å²) in [7, 11) is 0. The summed E-state index contributed by atoms with van der Waals surface area (Å²) in [6.07, 6.45) is 5.38. The molecule has 2 aromatic rings. The Kier molecular flexibility index (Phi) is 4.32. The highest BCUT2D eigenvalue weighted by Crippen LogP contribution is 2.12. The number of benzene rings is 1. The third-order valence-corrected chi connectivity index (χ3v) is 3.83. The van der Waals surface area contributed by atoms with Crippen molar-refractivity contribution in [1.29, 1.82) is 0 Å². The lowest BCUT2D eigenvalue weighted by molar-refractivity contribution is 0.0792. The van der Waals surface area contributed by atoms with Gasteiger partial charge in [-0.1, -0.05) is 29.8 Å². The van der Waals surface area contributed by atoms with Crippen molar-refractivity contribution in [2.75, 3.05) is 18.4 Å². The van der Waals surface area contributed by atoms with E-state index in [1.807, 2.05) is 11.0 Å². The predicted octanol–water partition coefficient (Wildman–Crippen LogP) is 2.63. The van der Waals surface area contributed by atoms with Crippen molar-refractivity contribution in [2.45, 2.75) is 26.3 Å². The second kappa shape index (κ2) is 6.56. The maximum atomic E-state index is 12.2. The van der Waals surface area contributed by atoms with Crippen LogP contribution in [0.15, 0.2) is 36.7 Å². The molecule has 1 fully saturated rings. The van der Waals surface area contributed by atoms with Gasteiger partial charge in [-0.2, -0.15) is 0 Å². The number of amides is 1. The van der Waals surface area contributed by atoms with Crippen molar-refractivity contribution in [3.8, 4) is 0 Å². The number of rotatable bonds is 4. The Bertz CT molecular complexity index is 648. The number of nitrogens with one attached hydrogen (secondary N) is 1. The van der Waals surface area contributed by atoms with Crippen LogP contribution >= 0.6 is 0 Å². The van der Waals surface area contributed by atoms with Crippen LogP contribution in [-0.4, -0.2) is 33.9 Å². The van der Waals surface area contributed by atoms with E-state index in [4.69, 9.17) is 0 Å². The number of likely N-dealkylation sites (tertiary alicyclic amines) is 1. The zero-order valence-corrected chi connectivity index (χ0v) is 12.7. The summed E-state index contributed by atoms with van der Waals surface area (Å²) >= 11 is 0. The van der Waals surface area contributed by atoms with E-state index in [2.05, 4.69) is 40.4 Å². The fraction of sp³-hybridized carbons (Fsp3) is 0.353. The molecular formula is C17H20N4O. The Morgan fingerprint density at radius 3 is 2.64 bits per heavy atom. The van der Waals surface area contributed by atoms with Crippen molar-refractivity contribution in [2.24, 2.45) is 0 Å². The van der Waals surface area contributed by atoms with Gasteiger partial charge in [0.2, 0.25) is 5.95 Å². The molecule has 1 aromatic heterocycles. The average molecular weight is 296 g/mol. The minimum atomic E-state index is 0.0303. The Balaban J connectivity index is 1.60. The van der Waals surface area contributed by atoms with Gasteiger partial charge in [-0.15, -0.1) is 0 Å². The first-order valence-corrected chi connectivity index (χ1v) is 7.63. The molecule has 0 bridgehead atoms. The third-order valence-electron chi connectivity index (χ3n) is 3.83. The van der Waals surface area contributed by atoms with E-state index >= 15 is 0 Å². The molecule has 22 heavy (non-hydrogen) atoms. The van der Waals surface area contributed by atoms with E-state index in [0.717, 1.165) is 25.9 Å². The van der Waals surface area contributed by atoms with Crippen LogP contribution in [0.2, 0.25) is 0 Å². The monoisotopic (exact) mass is 296 g/mol. The van der Waals surface area contributed by atoms with Gasteiger partial charge in [-0.05, 0) is 25.3 Å². The molecule has 5 heteroatoms. The molecule has 1 aromatic carbocycles. The fourth-order valence-corrected chi connectivity index (χ4v) is 2.64. The summed E-state index contributed by atoms with van der Waals surface area (Å²) in [5, 5.41) is 3.18. The summed E-state index contributed by atoms with van der Waals surface area (Å²) in [4.78, 5) is 22.5. The molecule has 1 N–H and O–H groups in total. The summed E-state index contributed by atoms with van der Waals surface area (Å²) in [6.45, 7) is 4.41. The SMILES string of the molecule is Cc1cccc(CNc2ncc(C(=O)N3CCCC3)cn2)c1. The average Bonchev–Trinajstić information content (AvgIpc) is 3.07. The van der Waals surface area contributed by atoms with E-state index in [1.54, 1.807) is 12.4 Å². The maximum absolute atomic E-state index is 12.2. The third kappa shape index (κ3) is 3.42. The van der Waals surface area contributed by atoms with Gasteiger partial charge in [0.1, 0.15) is 0 Å². The van der Waals surface area contributed by atoms with Crippen LogP contribution in [0.5, 0.6) is 0 Å². The number of nitrogens with zero attached hydrogens (tertiary/aromatic N) is 3. The lowest BCUT2D eigenvalue weighted by Crippen LogP contribution is -2.27. The topological polar surface area (TPSA) is 58.1 Å². The zero-order chi connectivity index (χ0) is 15.4. The molecule has 2 heterocycles. The van der Waals surface area contributed by atoms with Crippen LogP contribution in [0.3, 0.4) is 0 Å². The molecule has 0 saturated carbocycles. The van der Waals surface area contributed by atoms with E-state index in [1.165, 1.54) is 11.1 Å². The first-order chi connectivity index (χ1) is 10.7. The molecule has 3 rings (SSSR count). The number of aromatic nitrogens is 2. The normalized spacial score (nSPS) is 14.1. The second-order valence-corrected chi connectivity index (χ2v) is 5.64. The van der Waals surface area contributed by atoms with Crippen molar-refractivity contribution in [1.82, 2.24) is 14.9 Å². The Morgan fingerprint density at radius 2 is 1.95 bits per heavy atom. The van der Waals surface area contributed by atoms with Crippen molar-refractivity contribution < 1.29 is 4.79 Å². The van der Waals surface area contributed by atoms with Crippen LogP contribution in [0.4, 0.5) is 5.95 Å². The predicted molar refractivity (Wildman–Crippen MR) is 85.7 cm³/mol. The number of hydrogen-bond donors (Lipinski definition) is 1. The quantitative estimate of drug-likeness (QED) is 0.942. The molecule has 5 nitrogen and oxygen atoms in total. The van der Waals surface area contributed by atoms with Crippen LogP contribution in [0, 0.1) is 6.92 Å². The van der Waals surface area contributed by atoms with Gasteiger partial charge in [0.15, 0.2) is 0 Å². The number of anilines is 1. The molecular weight excluding hydrogens is 276 g/mol. The Labute approximate surface area is 130 Å². The molecule has 1 aliphatic heterocycles. The zero-order valence-electron chi connectivity index (χ0n) is 12.7. The fourth-order valence-electron chi connectivity index (χ4n) is 2.64. The van der Waals surface area contributed by atoms with Crippen molar-refractivity contribution in [3.05, 3.63) is 53.3 Å². The number of hydrogen-bond acceptors (Lipinski definition) is 4. The van der Waals surface area contributed by atoms with Gasteiger partial charge < -0.3 is 10.2 Å². The number of carbonyl (C=O) groups excluding carboxylic acids is 1. The van der Waals surface area contributed by atoms with Gasteiger partial charge in [-0.25, -0.2) is 9.97 Å².